The third kappa shape index (κ3) is 3.80. The van der Waals surface area contributed by atoms with Crippen LogP contribution in [0.1, 0.15) is 24.1 Å². The number of carbonyl (C=O) groups excluding carboxylic acids is 2. The summed E-state index contributed by atoms with van der Waals surface area (Å²) in [6.07, 6.45) is 0. The molecule has 1 unspecified atom stereocenters. The molecule has 0 radical (unpaired) electrons. The summed E-state index contributed by atoms with van der Waals surface area (Å²) in [5.41, 5.74) is 1.51. The van der Waals surface area contributed by atoms with E-state index in [1.807, 2.05) is 6.92 Å². The van der Waals surface area contributed by atoms with E-state index in [4.69, 9.17) is 14.2 Å². The van der Waals surface area contributed by atoms with Gasteiger partial charge in [0.1, 0.15) is 11.5 Å². The molecule has 0 spiro atoms. The van der Waals surface area contributed by atoms with Gasteiger partial charge in [-0.05, 0) is 48.9 Å². The zero-order valence-electron chi connectivity index (χ0n) is 18.2. The minimum Gasteiger partial charge on any atom is -0.507 e. The van der Waals surface area contributed by atoms with E-state index in [-0.39, 0.29) is 18.1 Å². The van der Waals surface area contributed by atoms with Crippen molar-refractivity contribution in [3.8, 4) is 17.2 Å². The summed E-state index contributed by atoms with van der Waals surface area (Å²) in [5, 5.41) is 11.2. The van der Waals surface area contributed by atoms with Crippen molar-refractivity contribution >= 4 is 39.1 Å². The average molecular weight is 522 g/mol. The topological polar surface area (TPSA) is 85.3 Å². The van der Waals surface area contributed by atoms with Crippen molar-refractivity contribution in [3.63, 3.8) is 0 Å². The van der Waals surface area contributed by atoms with Crippen LogP contribution in [0, 0.1) is 0 Å². The van der Waals surface area contributed by atoms with Crippen LogP contribution in [0.3, 0.4) is 0 Å². The highest BCUT2D eigenvalue weighted by atomic mass is 79.9. The molecule has 3 aromatic rings. The third-order valence-corrected chi connectivity index (χ3v) is 6.21. The zero-order valence-corrected chi connectivity index (χ0v) is 19.7. The second-order valence-corrected chi connectivity index (χ2v) is 8.63. The van der Waals surface area contributed by atoms with Crippen molar-refractivity contribution < 1.29 is 28.9 Å². The maximum Gasteiger partial charge on any atom is 0.300 e. The van der Waals surface area contributed by atoms with Gasteiger partial charge in [0.05, 0.1) is 18.2 Å². The van der Waals surface area contributed by atoms with E-state index < -0.39 is 17.7 Å². The van der Waals surface area contributed by atoms with Gasteiger partial charge in [-0.3, -0.25) is 14.5 Å². The Morgan fingerprint density at radius 3 is 2.59 bits per heavy atom. The third-order valence-electron chi connectivity index (χ3n) is 5.68. The van der Waals surface area contributed by atoms with E-state index in [0.717, 1.165) is 4.47 Å². The number of fused-ring (bicyclic) bond motifs is 1. The van der Waals surface area contributed by atoms with Crippen LogP contribution in [0.4, 0.5) is 5.69 Å². The summed E-state index contributed by atoms with van der Waals surface area (Å²) in [6.45, 7) is 2.42. The molecule has 0 bridgehead atoms. The molecule has 1 saturated heterocycles. The molecule has 1 fully saturated rings. The van der Waals surface area contributed by atoms with Crippen molar-refractivity contribution in [2.24, 2.45) is 0 Å². The SMILES string of the molecule is CCOc1cccc(C2/C(=C(\O)c3ccc(Br)cc3)C(=O)C(=O)N2c2ccc3c(c2)OCO3)c1. The van der Waals surface area contributed by atoms with Gasteiger partial charge in [-0.25, -0.2) is 0 Å². The van der Waals surface area contributed by atoms with Crippen LogP contribution < -0.4 is 19.1 Å². The molecule has 2 heterocycles. The van der Waals surface area contributed by atoms with Crippen LogP contribution in [0.5, 0.6) is 17.2 Å². The van der Waals surface area contributed by atoms with Gasteiger partial charge in [0.2, 0.25) is 6.79 Å². The molecule has 0 aromatic heterocycles. The molecule has 34 heavy (non-hydrogen) atoms. The highest BCUT2D eigenvalue weighted by Gasteiger charge is 2.47. The van der Waals surface area contributed by atoms with Gasteiger partial charge in [-0.1, -0.05) is 40.2 Å². The van der Waals surface area contributed by atoms with Crippen LogP contribution in [-0.4, -0.2) is 30.2 Å². The Kier molecular flexibility index (Phi) is 5.75. The summed E-state index contributed by atoms with van der Waals surface area (Å²) in [4.78, 5) is 28.0. The fourth-order valence-electron chi connectivity index (χ4n) is 4.15. The van der Waals surface area contributed by atoms with Crippen molar-refractivity contribution in [3.05, 3.63) is 87.9 Å². The van der Waals surface area contributed by atoms with E-state index in [9.17, 15) is 14.7 Å². The van der Waals surface area contributed by atoms with Gasteiger partial charge in [-0.2, -0.15) is 0 Å². The molecule has 5 rings (SSSR count). The summed E-state index contributed by atoms with van der Waals surface area (Å²) < 4.78 is 17.3. The lowest BCUT2D eigenvalue weighted by molar-refractivity contribution is -0.132. The van der Waals surface area contributed by atoms with Crippen LogP contribution in [-0.2, 0) is 9.59 Å². The van der Waals surface area contributed by atoms with E-state index in [0.29, 0.717) is 40.7 Å². The van der Waals surface area contributed by atoms with Crippen molar-refractivity contribution in [1.29, 1.82) is 0 Å². The number of amides is 1. The minimum absolute atomic E-state index is 0.00126. The Labute approximate surface area is 204 Å². The number of anilines is 1. The number of benzene rings is 3. The summed E-state index contributed by atoms with van der Waals surface area (Å²) in [6, 6.07) is 18.2. The fourth-order valence-corrected chi connectivity index (χ4v) is 4.42. The molecule has 7 nitrogen and oxygen atoms in total. The van der Waals surface area contributed by atoms with Crippen molar-refractivity contribution in [2.45, 2.75) is 13.0 Å². The molecule has 1 amide bonds. The molecule has 8 heteroatoms. The van der Waals surface area contributed by atoms with Gasteiger partial charge in [-0.15, -0.1) is 0 Å². The monoisotopic (exact) mass is 521 g/mol. The summed E-state index contributed by atoms with van der Waals surface area (Å²) in [7, 11) is 0. The number of ketones is 1. The number of aliphatic hydroxyl groups is 1. The summed E-state index contributed by atoms with van der Waals surface area (Å²) >= 11 is 3.37. The van der Waals surface area contributed by atoms with E-state index in [1.54, 1.807) is 66.7 Å². The number of nitrogens with zero attached hydrogens (tertiary/aromatic N) is 1. The van der Waals surface area contributed by atoms with Crippen LogP contribution in [0.2, 0.25) is 0 Å². The highest BCUT2D eigenvalue weighted by molar-refractivity contribution is 9.10. The molecule has 2 aliphatic rings. The smallest absolute Gasteiger partial charge is 0.300 e. The number of Topliss-reactive ketones (excluding diaryl/α,β-unsaturated/α-hetero) is 1. The number of hydrogen-bond donors (Lipinski definition) is 1. The average Bonchev–Trinajstić information content (AvgIpc) is 3.41. The quantitative estimate of drug-likeness (QED) is 0.282. The first-order chi connectivity index (χ1) is 16.5. The molecule has 0 aliphatic carbocycles. The molecule has 172 valence electrons. The summed E-state index contributed by atoms with van der Waals surface area (Å²) in [5.74, 6) is -0.130. The second-order valence-electron chi connectivity index (χ2n) is 7.72. The Balaban J connectivity index is 1.70. The Morgan fingerprint density at radius 1 is 1.06 bits per heavy atom. The first-order valence-electron chi connectivity index (χ1n) is 10.7. The first-order valence-corrected chi connectivity index (χ1v) is 11.5. The standard InChI is InChI=1S/C26H20BrNO6/c1-2-32-19-5-3-4-16(12-19)23-22(24(29)15-6-8-17(27)9-7-15)25(30)26(31)28(23)18-10-11-20-21(13-18)34-14-33-20/h3-13,23,29H,2,14H2,1H3/b24-22+. The molecule has 2 aliphatic heterocycles. The lowest BCUT2D eigenvalue weighted by Gasteiger charge is -2.26. The predicted molar refractivity (Wildman–Crippen MR) is 129 cm³/mol. The number of rotatable bonds is 5. The van der Waals surface area contributed by atoms with E-state index in [1.165, 1.54) is 4.90 Å². The lowest BCUT2D eigenvalue weighted by atomic mass is 9.95. The number of ether oxygens (including phenoxy) is 3. The van der Waals surface area contributed by atoms with Crippen molar-refractivity contribution in [1.82, 2.24) is 0 Å². The Bertz CT molecular complexity index is 1320. The molecular weight excluding hydrogens is 502 g/mol. The normalized spacial score (nSPS) is 18.4. The molecule has 1 atom stereocenters. The van der Waals surface area contributed by atoms with Crippen LogP contribution in [0.25, 0.3) is 5.76 Å². The number of halogens is 1. The van der Waals surface area contributed by atoms with Gasteiger partial charge >= 0.3 is 0 Å². The second kappa shape index (κ2) is 8.87. The molecule has 1 N–H and O–H groups in total. The molecule has 3 aromatic carbocycles. The predicted octanol–water partition coefficient (Wildman–Crippen LogP) is 5.20. The van der Waals surface area contributed by atoms with Gasteiger partial charge in [0.15, 0.2) is 11.5 Å². The van der Waals surface area contributed by atoms with E-state index in [2.05, 4.69) is 15.9 Å². The molecule has 0 saturated carbocycles. The van der Waals surface area contributed by atoms with Crippen LogP contribution >= 0.6 is 15.9 Å². The minimum atomic E-state index is -0.871. The number of hydrogen-bond acceptors (Lipinski definition) is 6. The van der Waals surface area contributed by atoms with Crippen LogP contribution in [0.15, 0.2) is 76.8 Å². The van der Waals surface area contributed by atoms with Crippen molar-refractivity contribution in [2.75, 3.05) is 18.3 Å². The first kappa shape index (κ1) is 22.0. The van der Waals surface area contributed by atoms with E-state index >= 15 is 0 Å². The number of aliphatic hydroxyl groups excluding tert-OH is 1. The maximum atomic E-state index is 13.3. The lowest BCUT2D eigenvalue weighted by Crippen LogP contribution is -2.29. The van der Waals surface area contributed by atoms with Gasteiger partial charge in [0, 0.05) is 21.8 Å². The zero-order chi connectivity index (χ0) is 23.8. The maximum absolute atomic E-state index is 13.3. The fraction of sp³-hybridized carbons (Fsp3) is 0.154. The van der Waals surface area contributed by atoms with Gasteiger partial charge in [0.25, 0.3) is 11.7 Å². The highest BCUT2D eigenvalue weighted by Crippen LogP contribution is 2.45. The van der Waals surface area contributed by atoms with Gasteiger partial charge < -0.3 is 19.3 Å². The Morgan fingerprint density at radius 2 is 1.82 bits per heavy atom. The largest absolute Gasteiger partial charge is 0.507 e. The number of carbonyl (C=O) groups is 2. The molecular formula is C26H20BrNO6. The Hall–Kier alpha value is -3.78.